The number of hydrogen-bond acceptors (Lipinski definition) is 4. The van der Waals surface area contributed by atoms with Crippen molar-refractivity contribution in [2.24, 2.45) is 0 Å². The zero-order valence-corrected chi connectivity index (χ0v) is 13.5. The van der Waals surface area contributed by atoms with Crippen LogP contribution in [0.15, 0.2) is 23.1 Å². The summed E-state index contributed by atoms with van der Waals surface area (Å²) in [6.45, 7) is 1.97. The molecule has 0 saturated carbocycles. The lowest BCUT2D eigenvalue weighted by molar-refractivity contribution is 0.578. The Hall–Kier alpha value is -0.940. The van der Waals surface area contributed by atoms with Crippen molar-refractivity contribution in [3.05, 3.63) is 28.8 Å². The van der Waals surface area contributed by atoms with Crippen molar-refractivity contribution in [2.45, 2.75) is 23.5 Å². The van der Waals surface area contributed by atoms with Crippen LogP contribution in [0.4, 0.5) is 0 Å². The first-order valence-electron chi connectivity index (χ1n) is 5.79. The third kappa shape index (κ3) is 4.56. The maximum atomic E-state index is 12.0. The molecular weight excluding hydrogens is 320 g/mol. The average molecular weight is 335 g/mol. The molecular formula is C12H15ClN2O3S2. The van der Waals surface area contributed by atoms with Gasteiger partial charge in [-0.3, -0.25) is 4.21 Å². The Balaban J connectivity index is 2.80. The van der Waals surface area contributed by atoms with E-state index in [1.807, 2.05) is 6.07 Å². The van der Waals surface area contributed by atoms with Crippen molar-refractivity contribution >= 4 is 32.4 Å². The van der Waals surface area contributed by atoms with Gasteiger partial charge in [-0.1, -0.05) is 18.5 Å². The third-order valence-corrected chi connectivity index (χ3v) is 6.07. The van der Waals surface area contributed by atoms with Crippen molar-refractivity contribution in [2.75, 3.05) is 12.8 Å². The van der Waals surface area contributed by atoms with E-state index in [1.54, 1.807) is 13.2 Å². The fourth-order valence-corrected chi connectivity index (χ4v) is 3.47. The molecule has 1 rings (SSSR count). The molecule has 0 aromatic heterocycles. The predicted molar refractivity (Wildman–Crippen MR) is 79.5 cm³/mol. The SMILES string of the molecule is CC(CCNS(=O)(=O)c1ccc(C#N)cc1Cl)S(C)=O. The molecule has 5 nitrogen and oxygen atoms in total. The zero-order chi connectivity index (χ0) is 15.3. The fraction of sp³-hybridized carbons (Fsp3) is 0.417. The molecule has 0 fully saturated rings. The van der Waals surface area contributed by atoms with E-state index in [0.717, 1.165) is 0 Å². The van der Waals surface area contributed by atoms with E-state index < -0.39 is 20.8 Å². The molecule has 0 heterocycles. The Morgan fingerprint density at radius 2 is 2.15 bits per heavy atom. The average Bonchev–Trinajstić information content (AvgIpc) is 2.37. The number of nitrogens with one attached hydrogen (secondary N) is 1. The quantitative estimate of drug-likeness (QED) is 0.856. The van der Waals surface area contributed by atoms with Gasteiger partial charge in [-0.25, -0.2) is 13.1 Å². The highest BCUT2D eigenvalue weighted by molar-refractivity contribution is 7.89. The summed E-state index contributed by atoms with van der Waals surface area (Å²) in [5.41, 5.74) is 0.295. The lowest BCUT2D eigenvalue weighted by Gasteiger charge is -2.11. The van der Waals surface area contributed by atoms with Crippen LogP contribution in [0.3, 0.4) is 0 Å². The number of hydrogen-bond donors (Lipinski definition) is 1. The normalized spacial score (nSPS) is 14.5. The summed E-state index contributed by atoms with van der Waals surface area (Å²) < 4.78 is 37.7. The molecule has 1 N–H and O–H groups in total. The number of nitrogens with zero attached hydrogens (tertiary/aromatic N) is 1. The molecule has 2 atom stereocenters. The van der Waals surface area contributed by atoms with Gasteiger partial charge in [-0.2, -0.15) is 5.26 Å². The first-order chi connectivity index (χ1) is 9.27. The smallest absolute Gasteiger partial charge is 0.242 e. The summed E-state index contributed by atoms with van der Waals surface area (Å²) in [5.74, 6) is 0. The van der Waals surface area contributed by atoms with Gasteiger partial charge in [0, 0.05) is 28.9 Å². The van der Waals surface area contributed by atoms with Crippen LogP contribution in [0.2, 0.25) is 5.02 Å². The van der Waals surface area contributed by atoms with Gasteiger partial charge in [0.05, 0.1) is 16.7 Å². The molecule has 0 amide bonds. The third-order valence-electron chi connectivity index (χ3n) is 2.76. The molecule has 0 bridgehead atoms. The minimum absolute atomic E-state index is 0.00339. The Morgan fingerprint density at radius 1 is 1.50 bits per heavy atom. The Kier molecular flexibility index (Phi) is 6.14. The first kappa shape index (κ1) is 17.1. The van der Waals surface area contributed by atoms with Crippen LogP contribution in [0.25, 0.3) is 0 Å². The van der Waals surface area contributed by atoms with Crippen molar-refractivity contribution < 1.29 is 12.6 Å². The van der Waals surface area contributed by atoms with Gasteiger partial charge >= 0.3 is 0 Å². The highest BCUT2D eigenvalue weighted by atomic mass is 35.5. The summed E-state index contributed by atoms with van der Waals surface area (Å²) >= 11 is 5.87. The van der Waals surface area contributed by atoms with Crippen LogP contribution in [-0.2, 0) is 20.8 Å². The monoisotopic (exact) mass is 334 g/mol. The van der Waals surface area contributed by atoms with Gasteiger partial charge in [-0.15, -0.1) is 0 Å². The minimum atomic E-state index is -3.73. The number of sulfonamides is 1. The Morgan fingerprint density at radius 3 is 2.65 bits per heavy atom. The lowest BCUT2D eigenvalue weighted by atomic mass is 10.2. The maximum Gasteiger partial charge on any atom is 0.242 e. The van der Waals surface area contributed by atoms with Gasteiger partial charge in [0.2, 0.25) is 10.0 Å². The molecule has 2 unspecified atom stereocenters. The largest absolute Gasteiger partial charge is 0.260 e. The zero-order valence-electron chi connectivity index (χ0n) is 11.1. The number of nitriles is 1. The molecule has 1 aromatic carbocycles. The number of halogens is 1. The van der Waals surface area contributed by atoms with Gasteiger partial charge in [-0.05, 0) is 24.6 Å². The number of benzene rings is 1. The second-order valence-corrected chi connectivity index (χ2v) is 8.20. The second-order valence-electron chi connectivity index (χ2n) is 4.25. The number of rotatable bonds is 6. The summed E-state index contributed by atoms with van der Waals surface area (Å²) in [5, 5.41) is 8.62. The molecule has 0 spiro atoms. The summed E-state index contributed by atoms with van der Waals surface area (Å²) in [6.07, 6.45) is 2.05. The minimum Gasteiger partial charge on any atom is -0.260 e. The van der Waals surface area contributed by atoms with Gasteiger partial charge < -0.3 is 0 Å². The first-order valence-corrected chi connectivity index (χ1v) is 9.27. The summed E-state index contributed by atoms with van der Waals surface area (Å²) in [7, 11) is -4.72. The molecule has 0 aliphatic rings. The summed E-state index contributed by atoms with van der Waals surface area (Å²) in [4.78, 5) is -0.0663. The molecule has 1 aromatic rings. The lowest BCUT2D eigenvalue weighted by Crippen LogP contribution is -2.27. The van der Waals surface area contributed by atoms with E-state index >= 15 is 0 Å². The van der Waals surface area contributed by atoms with E-state index in [2.05, 4.69) is 4.72 Å². The highest BCUT2D eigenvalue weighted by Crippen LogP contribution is 2.22. The standard InChI is InChI=1S/C12H15ClN2O3S2/c1-9(19(2)16)5-6-15-20(17,18)12-4-3-10(8-14)7-11(12)13/h3-4,7,9,15H,5-6H2,1-2H3. The highest BCUT2D eigenvalue weighted by Gasteiger charge is 2.18. The van der Waals surface area contributed by atoms with Crippen molar-refractivity contribution in [3.8, 4) is 6.07 Å². The van der Waals surface area contributed by atoms with E-state index in [4.69, 9.17) is 16.9 Å². The molecule has 110 valence electrons. The topological polar surface area (TPSA) is 87.0 Å². The van der Waals surface area contributed by atoms with Crippen molar-refractivity contribution in [3.63, 3.8) is 0 Å². The Bertz CT molecular complexity index is 653. The van der Waals surface area contributed by atoms with Crippen molar-refractivity contribution in [1.29, 1.82) is 5.26 Å². The van der Waals surface area contributed by atoms with Crippen LogP contribution >= 0.6 is 11.6 Å². The maximum absolute atomic E-state index is 12.0. The van der Waals surface area contributed by atoms with Crippen LogP contribution < -0.4 is 4.72 Å². The molecule has 20 heavy (non-hydrogen) atoms. The molecule has 0 aliphatic heterocycles. The molecule has 8 heteroatoms. The second kappa shape index (κ2) is 7.18. The van der Waals surface area contributed by atoms with Gasteiger partial charge in [0.1, 0.15) is 4.90 Å². The van der Waals surface area contributed by atoms with Crippen molar-refractivity contribution in [1.82, 2.24) is 4.72 Å². The van der Waals surface area contributed by atoms with Crippen LogP contribution in [0.1, 0.15) is 18.9 Å². The van der Waals surface area contributed by atoms with Gasteiger partial charge in [0.15, 0.2) is 0 Å². The molecule has 0 radical (unpaired) electrons. The van der Waals surface area contributed by atoms with E-state index in [9.17, 15) is 12.6 Å². The fourth-order valence-electron chi connectivity index (χ4n) is 1.43. The van der Waals surface area contributed by atoms with Crippen LogP contribution in [0.5, 0.6) is 0 Å². The van der Waals surface area contributed by atoms with Gasteiger partial charge in [0.25, 0.3) is 0 Å². The van der Waals surface area contributed by atoms with E-state index in [0.29, 0.717) is 12.0 Å². The Labute approximate surface area is 126 Å². The summed E-state index contributed by atoms with van der Waals surface area (Å²) in [6, 6.07) is 5.88. The molecule has 0 aliphatic carbocycles. The van der Waals surface area contributed by atoms with E-state index in [1.165, 1.54) is 18.2 Å². The molecule has 0 saturated heterocycles. The predicted octanol–water partition coefficient (Wildman–Crippen LogP) is 1.65. The van der Waals surface area contributed by atoms with Crippen LogP contribution in [-0.4, -0.2) is 30.7 Å². The van der Waals surface area contributed by atoms with E-state index in [-0.39, 0.29) is 21.7 Å². The van der Waals surface area contributed by atoms with Crippen LogP contribution in [0, 0.1) is 11.3 Å².